The zero-order valence-electron chi connectivity index (χ0n) is 22.0. The molecule has 5 rings (SSSR count). The zero-order chi connectivity index (χ0) is 25.9. The monoisotopic (exact) mass is 505 g/mol. The summed E-state index contributed by atoms with van der Waals surface area (Å²) >= 11 is 0. The van der Waals surface area contributed by atoms with Crippen molar-refractivity contribution in [2.24, 2.45) is 17.8 Å². The highest BCUT2D eigenvalue weighted by atomic mass is 16.3. The molecule has 2 N–H and O–H groups in total. The van der Waals surface area contributed by atoms with Gasteiger partial charge in [0.1, 0.15) is 6.33 Å². The van der Waals surface area contributed by atoms with Crippen LogP contribution in [0.25, 0.3) is 0 Å². The molecule has 1 aromatic carbocycles. The number of benzene rings is 1. The van der Waals surface area contributed by atoms with Gasteiger partial charge in [0.15, 0.2) is 0 Å². The summed E-state index contributed by atoms with van der Waals surface area (Å²) in [6.45, 7) is 8.18. The number of hydrogen-bond acceptors (Lipinski definition) is 6. The van der Waals surface area contributed by atoms with Gasteiger partial charge in [0.05, 0.1) is 29.1 Å². The van der Waals surface area contributed by atoms with Gasteiger partial charge in [0, 0.05) is 38.6 Å². The van der Waals surface area contributed by atoms with E-state index in [9.17, 15) is 14.7 Å². The molecule has 1 aromatic heterocycles. The maximum absolute atomic E-state index is 13.2. The normalized spacial score (nSPS) is 26.6. The van der Waals surface area contributed by atoms with E-state index < -0.39 is 0 Å². The van der Waals surface area contributed by atoms with Gasteiger partial charge in [-0.3, -0.25) is 9.59 Å². The Labute approximate surface area is 219 Å². The Morgan fingerprint density at radius 2 is 1.59 bits per heavy atom. The number of rotatable bonds is 7. The summed E-state index contributed by atoms with van der Waals surface area (Å²) in [5.74, 6) is 1.12. The number of carbonyl (C=O) groups is 2. The Kier molecular flexibility index (Phi) is 7.86. The van der Waals surface area contributed by atoms with Crippen LogP contribution >= 0.6 is 0 Å². The van der Waals surface area contributed by atoms with Crippen molar-refractivity contribution < 1.29 is 14.7 Å². The SMILES string of the molecule is Cc1ncnc(C)c1C(=O)N1CC2CN(CC[C@H](NC(=O)C3CCC(O)CC3)c3ccccc3)CC2C1. The lowest BCUT2D eigenvalue weighted by atomic mass is 9.86. The van der Waals surface area contributed by atoms with Crippen molar-refractivity contribution in [2.75, 3.05) is 32.7 Å². The first-order valence-corrected chi connectivity index (χ1v) is 13.7. The number of nitrogens with one attached hydrogen (secondary N) is 1. The number of aromatic nitrogens is 2. The van der Waals surface area contributed by atoms with Crippen LogP contribution in [0.15, 0.2) is 36.7 Å². The predicted molar refractivity (Wildman–Crippen MR) is 141 cm³/mol. The number of likely N-dealkylation sites (tertiary alicyclic amines) is 2. The van der Waals surface area contributed by atoms with Crippen molar-refractivity contribution in [1.29, 1.82) is 0 Å². The Hall–Kier alpha value is -2.84. The number of fused-ring (bicyclic) bond motifs is 1. The lowest BCUT2D eigenvalue weighted by molar-refractivity contribution is -0.127. The molecule has 0 spiro atoms. The van der Waals surface area contributed by atoms with E-state index in [2.05, 4.69) is 32.3 Å². The van der Waals surface area contributed by atoms with Gasteiger partial charge in [-0.2, -0.15) is 0 Å². The molecule has 8 heteroatoms. The second kappa shape index (κ2) is 11.3. The largest absolute Gasteiger partial charge is 0.393 e. The van der Waals surface area contributed by atoms with Gasteiger partial charge in [0.2, 0.25) is 5.91 Å². The summed E-state index contributed by atoms with van der Waals surface area (Å²) in [4.78, 5) is 39.2. The Bertz CT molecular complexity index is 1070. The van der Waals surface area contributed by atoms with Gasteiger partial charge in [-0.05, 0) is 63.4 Å². The van der Waals surface area contributed by atoms with Crippen LogP contribution in [-0.2, 0) is 4.79 Å². The molecule has 3 atom stereocenters. The third-order valence-corrected chi connectivity index (χ3v) is 8.61. The molecule has 2 unspecified atom stereocenters. The number of nitrogens with zero attached hydrogens (tertiary/aromatic N) is 4. The number of amides is 2. The summed E-state index contributed by atoms with van der Waals surface area (Å²) in [6.07, 6.45) is 5.04. The highest BCUT2D eigenvalue weighted by Gasteiger charge is 2.42. The van der Waals surface area contributed by atoms with E-state index >= 15 is 0 Å². The van der Waals surface area contributed by atoms with Gasteiger partial charge < -0.3 is 20.2 Å². The third-order valence-electron chi connectivity index (χ3n) is 8.61. The summed E-state index contributed by atoms with van der Waals surface area (Å²) in [7, 11) is 0. The summed E-state index contributed by atoms with van der Waals surface area (Å²) in [6, 6.07) is 10.2. The minimum Gasteiger partial charge on any atom is -0.393 e. The number of aliphatic hydroxyl groups excluding tert-OH is 1. The fourth-order valence-corrected chi connectivity index (χ4v) is 6.45. The van der Waals surface area contributed by atoms with Crippen molar-refractivity contribution in [3.05, 3.63) is 59.2 Å². The number of carbonyl (C=O) groups excluding carboxylic acids is 2. The van der Waals surface area contributed by atoms with Crippen LogP contribution in [0, 0.1) is 31.6 Å². The first-order chi connectivity index (χ1) is 17.9. The molecule has 1 aliphatic carbocycles. The Morgan fingerprint density at radius 1 is 0.973 bits per heavy atom. The van der Waals surface area contributed by atoms with Gasteiger partial charge in [-0.25, -0.2) is 9.97 Å². The fraction of sp³-hybridized carbons (Fsp3) is 0.586. The van der Waals surface area contributed by atoms with Crippen LogP contribution in [0.3, 0.4) is 0 Å². The van der Waals surface area contributed by atoms with Gasteiger partial charge in [-0.15, -0.1) is 0 Å². The van der Waals surface area contributed by atoms with Gasteiger partial charge in [-0.1, -0.05) is 30.3 Å². The molecule has 198 valence electrons. The molecule has 3 heterocycles. The smallest absolute Gasteiger partial charge is 0.257 e. The van der Waals surface area contributed by atoms with Crippen LogP contribution in [0.5, 0.6) is 0 Å². The zero-order valence-corrected chi connectivity index (χ0v) is 22.0. The van der Waals surface area contributed by atoms with Gasteiger partial charge >= 0.3 is 0 Å². The third kappa shape index (κ3) is 5.85. The molecule has 0 bridgehead atoms. The molecule has 2 amide bonds. The van der Waals surface area contributed by atoms with Crippen LogP contribution in [-0.4, -0.2) is 75.5 Å². The molecular formula is C29H39N5O3. The standard InChI is InChI=1S/C29H39N5O3/c1-19-27(20(2)31-18-30-19)29(37)34-16-23-14-33(15-24(23)17-34)13-12-26(21-6-4-3-5-7-21)32-28(36)22-8-10-25(35)11-9-22/h3-7,18,22-26,35H,8-17H2,1-2H3,(H,32,36)/t22?,23?,24?,25?,26-/m0/s1. The van der Waals surface area contributed by atoms with E-state index in [0.29, 0.717) is 30.2 Å². The minimum atomic E-state index is -0.260. The average molecular weight is 506 g/mol. The number of aliphatic hydroxyl groups is 1. The summed E-state index contributed by atoms with van der Waals surface area (Å²) < 4.78 is 0. The highest BCUT2D eigenvalue weighted by Crippen LogP contribution is 2.33. The molecule has 2 saturated heterocycles. The van der Waals surface area contributed by atoms with Crippen molar-refractivity contribution in [1.82, 2.24) is 25.1 Å². The van der Waals surface area contributed by atoms with E-state index in [-0.39, 0.29) is 29.9 Å². The van der Waals surface area contributed by atoms with Crippen LogP contribution < -0.4 is 5.32 Å². The molecule has 37 heavy (non-hydrogen) atoms. The quantitative estimate of drug-likeness (QED) is 0.601. The van der Waals surface area contributed by atoms with Gasteiger partial charge in [0.25, 0.3) is 5.91 Å². The fourth-order valence-electron chi connectivity index (χ4n) is 6.45. The Morgan fingerprint density at radius 3 is 2.22 bits per heavy atom. The van der Waals surface area contributed by atoms with Crippen molar-refractivity contribution in [3.8, 4) is 0 Å². The second-order valence-electron chi connectivity index (χ2n) is 11.2. The van der Waals surface area contributed by atoms with E-state index in [0.717, 1.165) is 68.9 Å². The minimum absolute atomic E-state index is 0.00781. The second-order valence-corrected chi connectivity index (χ2v) is 11.2. The van der Waals surface area contributed by atoms with Crippen molar-refractivity contribution in [2.45, 2.75) is 58.1 Å². The topological polar surface area (TPSA) is 98.7 Å². The lowest BCUT2D eigenvalue weighted by Crippen LogP contribution is -2.38. The van der Waals surface area contributed by atoms with E-state index in [1.54, 1.807) is 0 Å². The molecular weight excluding hydrogens is 466 g/mol. The lowest BCUT2D eigenvalue weighted by Gasteiger charge is -2.28. The molecule has 2 aliphatic heterocycles. The maximum Gasteiger partial charge on any atom is 0.257 e. The van der Waals surface area contributed by atoms with Crippen LogP contribution in [0.2, 0.25) is 0 Å². The molecule has 8 nitrogen and oxygen atoms in total. The molecule has 2 aromatic rings. The molecule has 3 fully saturated rings. The number of aryl methyl sites for hydroxylation is 2. The van der Waals surface area contributed by atoms with E-state index in [1.165, 1.54) is 6.33 Å². The molecule has 0 radical (unpaired) electrons. The van der Waals surface area contributed by atoms with Crippen LogP contribution in [0.1, 0.15) is 65.5 Å². The first-order valence-electron chi connectivity index (χ1n) is 13.7. The first kappa shape index (κ1) is 25.8. The van der Waals surface area contributed by atoms with Crippen LogP contribution in [0.4, 0.5) is 0 Å². The number of hydrogen-bond donors (Lipinski definition) is 2. The van der Waals surface area contributed by atoms with Crippen molar-refractivity contribution >= 4 is 11.8 Å². The molecule has 3 aliphatic rings. The predicted octanol–water partition coefficient (Wildman–Crippen LogP) is 2.90. The summed E-state index contributed by atoms with van der Waals surface area (Å²) in [5.41, 5.74) is 3.27. The summed E-state index contributed by atoms with van der Waals surface area (Å²) in [5, 5.41) is 13.1. The highest BCUT2D eigenvalue weighted by molar-refractivity contribution is 5.96. The maximum atomic E-state index is 13.2. The average Bonchev–Trinajstić information content (AvgIpc) is 3.46. The molecule has 1 saturated carbocycles. The van der Waals surface area contributed by atoms with E-state index in [1.807, 2.05) is 36.9 Å². The van der Waals surface area contributed by atoms with E-state index in [4.69, 9.17) is 0 Å². The van der Waals surface area contributed by atoms with Crippen molar-refractivity contribution in [3.63, 3.8) is 0 Å². The Balaban J connectivity index is 1.16.